The predicted octanol–water partition coefficient (Wildman–Crippen LogP) is 11.6. The third-order valence-corrected chi connectivity index (χ3v) is 7.79. The van der Waals surface area contributed by atoms with Crippen molar-refractivity contribution in [3.63, 3.8) is 0 Å². The molecule has 0 atom stereocenters. The highest BCUT2D eigenvalue weighted by atomic mass is 19.3. The number of rotatable bonds is 9. The van der Waals surface area contributed by atoms with E-state index in [-0.39, 0.29) is 33.4 Å². The van der Waals surface area contributed by atoms with Gasteiger partial charge < -0.3 is 4.74 Å². The van der Waals surface area contributed by atoms with Crippen molar-refractivity contribution in [3.05, 3.63) is 147 Å². The highest BCUT2D eigenvalue weighted by Crippen LogP contribution is 2.38. The molecule has 5 aromatic rings. The molecule has 0 aliphatic carbocycles. The van der Waals surface area contributed by atoms with Gasteiger partial charge in [0.25, 0.3) is 0 Å². The maximum absolute atomic E-state index is 15.1. The van der Waals surface area contributed by atoms with Gasteiger partial charge in [-0.15, -0.1) is 0 Å². The van der Waals surface area contributed by atoms with E-state index in [1.807, 2.05) is 12.1 Å². The van der Waals surface area contributed by atoms with Gasteiger partial charge in [-0.2, -0.15) is 8.78 Å². The molecule has 0 aliphatic rings. The van der Waals surface area contributed by atoms with Crippen molar-refractivity contribution in [2.75, 3.05) is 0 Å². The molecule has 1 nitrogen and oxygen atoms in total. The molecule has 0 fully saturated rings. The van der Waals surface area contributed by atoms with Crippen molar-refractivity contribution in [1.29, 1.82) is 0 Å². The first-order chi connectivity index (χ1) is 23.3. The molecule has 0 heterocycles. The Morgan fingerprint density at radius 2 is 1.24 bits per heavy atom. The summed E-state index contributed by atoms with van der Waals surface area (Å²) >= 11 is 0. The Morgan fingerprint density at radius 3 is 1.84 bits per heavy atom. The minimum atomic E-state index is -4.54. The van der Waals surface area contributed by atoms with Crippen molar-refractivity contribution in [1.82, 2.24) is 0 Å². The summed E-state index contributed by atoms with van der Waals surface area (Å²) in [5.74, 6) is -5.80. The molecule has 5 rings (SSSR count). The largest absolute Gasteiger partial charge is 0.432 e. The molecule has 0 aliphatic heterocycles. The second kappa shape index (κ2) is 14.5. The van der Waals surface area contributed by atoms with Gasteiger partial charge in [0.2, 0.25) is 0 Å². The second-order valence-corrected chi connectivity index (χ2v) is 11.4. The Kier molecular flexibility index (Phi) is 10.4. The molecule has 0 radical (unpaired) electrons. The number of halogens is 9. The molecule has 10 heteroatoms. The van der Waals surface area contributed by atoms with Crippen LogP contribution in [0.3, 0.4) is 0 Å². The minimum absolute atomic E-state index is 0.0168. The number of unbranched alkanes of at least 4 members (excludes halogenated alkanes) is 2. The van der Waals surface area contributed by atoms with Gasteiger partial charge in [0.1, 0.15) is 34.6 Å². The number of hydrogen-bond acceptors (Lipinski definition) is 1. The average Bonchev–Trinajstić information content (AvgIpc) is 3.03. The standard InChI is InChI=1S/C39H27F9O/c1-3-4-5-6-23-7-10-25(11-8-23)26-18-33(42)37(34(43)19-26)39(47,48)49-28-12-14-30(32(41)21-28)27-15-22(2)29(31(40)20-27)13-9-24-16-35(44)38(46)36(45)17-24/h7-8,10-12,14-21H,3-6H2,1-2H3. The van der Waals surface area contributed by atoms with Crippen molar-refractivity contribution in [3.8, 4) is 39.8 Å². The maximum atomic E-state index is 15.1. The fourth-order valence-electron chi connectivity index (χ4n) is 5.27. The number of hydrogen-bond donors (Lipinski definition) is 0. The smallest absolute Gasteiger partial charge is 0.429 e. The van der Waals surface area contributed by atoms with Gasteiger partial charge in [0.15, 0.2) is 17.5 Å². The van der Waals surface area contributed by atoms with Crippen LogP contribution in [0.5, 0.6) is 5.75 Å². The van der Waals surface area contributed by atoms with E-state index in [0.717, 1.165) is 61.6 Å². The summed E-state index contributed by atoms with van der Waals surface area (Å²) in [4.78, 5) is 0. The van der Waals surface area contributed by atoms with Gasteiger partial charge in [-0.05, 0) is 96.1 Å². The fourth-order valence-corrected chi connectivity index (χ4v) is 5.27. The van der Waals surface area contributed by atoms with E-state index < -0.39 is 58.1 Å². The van der Waals surface area contributed by atoms with E-state index in [1.165, 1.54) is 13.0 Å². The zero-order chi connectivity index (χ0) is 35.5. The highest BCUT2D eigenvalue weighted by Gasteiger charge is 2.41. The van der Waals surface area contributed by atoms with Crippen LogP contribution in [0.4, 0.5) is 39.5 Å². The first-order valence-electron chi connectivity index (χ1n) is 15.2. The predicted molar refractivity (Wildman–Crippen MR) is 168 cm³/mol. The number of alkyl halides is 2. The summed E-state index contributed by atoms with van der Waals surface area (Å²) in [7, 11) is 0. The van der Waals surface area contributed by atoms with Gasteiger partial charge >= 0.3 is 6.11 Å². The molecule has 0 bridgehead atoms. The Morgan fingerprint density at radius 1 is 0.612 bits per heavy atom. The number of aryl methyl sites for hydroxylation is 2. The van der Waals surface area contributed by atoms with Crippen molar-refractivity contribution in [2.45, 2.75) is 45.6 Å². The van der Waals surface area contributed by atoms with E-state index >= 15 is 17.6 Å². The van der Waals surface area contributed by atoms with Crippen LogP contribution in [0.25, 0.3) is 22.3 Å². The summed E-state index contributed by atoms with van der Waals surface area (Å²) in [5.41, 5.74) is -0.643. The quantitative estimate of drug-likeness (QED) is 0.0651. The number of ether oxygens (including phenoxy) is 1. The monoisotopic (exact) mass is 682 g/mol. The lowest BCUT2D eigenvalue weighted by molar-refractivity contribution is -0.189. The molecule has 0 saturated heterocycles. The van der Waals surface area contributed by atoms with Crippen molar-refractivity contribution >= 4 is 0 Å². The Bertz CT molecular complexity index is 2010. The molecular formula is C39H27F9O. The lowest BCUT2D eigenvalue weighted by Crippen LogP contribution is -2.25. The zero-order valence-corrected chi connectivity index (χ0v) is 26.1. The van der Waals surface area contributed by atoms with Crippen LogP contribution >= 0.6 is 0 Å². The van der Waals surface area contributed by atoms with Gasteiger partial charge in [0.05, 0.1) is 5.56 Å². The SMILES string of the molecule is CCCCCc1ccc(-c2cc(F)c(C(F)(F)Oc3ccc(-c4cc(C)c(C#Cc5cc(F)c(F)c(F)c5)c(F)c4)c(F)c3)c(F)c2)cc1. The summed E-state index contributed by atoms with van der Waals surface area (Å²) in [6, 6.07) is 14.5. The van der Waals surface area contributed by atoms with Crippen LogP contribution in [0.1, 0.15) is 54.0 Å². The molecule has 0 aromatic heterocycles. The third-order valence-electron chi connectivity index (χ3n) is 7.79. The summed E-state index contributed by atoms with van der Waals surface area (Å²) < 4.78 is 135. The lowest BCUT2D eigenvalue weighted by atomic mass is 9.98. The molecule has 0 amide bonds. The Hall–Kier alpha value is -5.17. The molecule has 252 valence electrons. The normalized spacial score (nSPS) is 11.3. The van der Waals surface area contributed by atoms with Gasteiger partial charge in [-0.1, -0.05) is 55.9 Å². The Balaban J connectivity index is 1.35. The molecule has 49 heavy (non-hydrogen) atoms. The number of benzene rings is 5. The van der Waals surface area contributed by atoms with E-state index in [1.54, 1.807) is 12.1 Å². The molecule has 5 aromatic carbocycles. The van der Waals surface area contributed by atoms with Crippen LogP contribution < -0.4 is 4.74 Å². The van der Waals surface area contributed by atoms with Crippen LogP contribution in [-0.2, 0) is 12.5 Å². The van der Waals surface area contributed by atoms with E-state index in [2.05, 4.69) is 23.5 Å². The van der Waals surface area contributed by atoms with Crippen molar-refractivity contribution < 1.29 is 44.3 Å². The molecular weight excluding hydrogens is 655 g/mol. The highest BCUT2D eigenvalue weighted by molar-refractivity contribution is 5.68. The maximum Gasteiger partial charge on any atom is 0.432 e. The third kappa shape index (κ3) is 7.94. The first-order valence-corrected chi connectivity index (χ1v) is 15.2. The van der Waals surface area contributed by atoms with Crippen molar-refractivity contribution in [2.24, 2.45) is 0 Å². The summed E-state index contributed by atoms with van der Waals surface area (Å²) in [6.45, 7) is 3.51. The van der Waals surface area contributed by atoms with E-state index in [0.29, 0.717) is 23.8 Å². The summed E-state index contributed by atoms with van der Waals surface area (Å²) in [6.07, 6.45) is -0.580. The topological polar surface area (TPSA) is 9.23 Å². The molecule has 0 unspecified atom stereocenters. The second-order valence-electron chi connectivity index (χ2n) is 11.4. The average molecular weight is 683 g/mol. The van der Waals surface area contributed by atoms with E-state index in [4.69, 9.17) is 0 Å². The van der Waals surface area contributed by atoms with Gasteiger partial charge in [-0.25, -0.2) is 30.7 Å². The van der Waals surface area contributed by atoms with Gasteiger partial charge in [-0.3, -0.25) is 0 Å². The molecule has 0 saturated carbocycles. The zero-order valence-electron chi connectivity index (χ0n) is 26.1. The first kappa shape index (κ1) is 35.1. The Labute approximate surface area is 277 Å². The van der Waals surface area contributed by atoms with Gasteiger partial charge in [0, 0.05) is 17.2 Å². The minimum Gasteiger partial charge on any atom is -0.429 e. The molecule has 0 N–H and O–H groups in total. The summed E-state index contributed by atoms with van der Waals surface area (Å²) in [5, 5.41) is 0. The van der Waals surface area contributed by atoms with Crippen LogP contribution in [0.2, 0.25) is 0 Å². The van der Waals surface area contributed by atoms with Crippen LogP contribution in [0, 0.1) is 59.5 Å². The van der Waals surface area contributed by atoms with Crippen LogP contribution in [0.15, 0.2) is 78.9 Å². The molecule has 0 spiro atoms. The lowest BCUT2D eigenvalue weighted by Gasteiger charge is -2.20. The fraction of sp³-hybridized carbons (Fsp3) is 0.179. The van der Waals surface area contributed by atoms with Crippen LogP contribution in [-0.4, -0.2) is 0 Å². The van der Waals surface area contributed by atoms with E-state index in [9.17, 15) is 22.0 Å².